The first-order chi connectivity index (χ1) is 7.26. The van der Waals surface area contributed by atoms with Gasteiger partial charge in [-0.05, 0) is 6.92 Å². The van der Waals surface area contributed by atoms with Gasteiger partial charge in [0.2, 0.25) is 0 Å². The SMILES string of the molecule is CC(C(F)[C@H](N)C(=O)O)(C(F)(F)F)C(F)(F)F. The fourth-order valence-electron chi connectivity index (χ4n) is 0.958. The summed E-state index contributed by atoms with van der Waals surface area (Å²) < 4.78 is 86.7. The molecule has 1 unspecified atom stereocenters. The van der Waals surface area contributed by atoms with Gasteiger partial charge in [-0.2, -0.15) is 26.3 Å². The Morgan fingerprint density at radius 2 is 1.41 bits per heavy atom. The largest absolute Gasteiger partial charge is 0.480 e. The van der Waals surface area contributed by atoms with E-state index in [1.54, 1.807) is 0 Å². The average Bonchev–Trinajstić information content (AvgIpc) is 2.10. The summed E-state index contributed by atoms with van der Waals surface area (Å²) in [6.45, 7) is -0.472. The van der Waals surface area contributed by atoms with Gasteiger partial charge >= 0.3 is 18.3 Å². The zero-order valence-corrected chi connectivity index (χ0v) is 8.23. The van der Waals surface area contributed by atoms with E-state index in [0.29, 0.717) is 0 Å². The van der Waals surface area contributed by atoms with E-state index in [1.165, 1.54) is 0 Å². The van der Waals surface area contributed by atoms with Crippen molar-refractivity contribution in [1.29, 1.82) is 0 Å². The van der Waals surface area contributed by atoms with Crippen molar-refractivity contribution in [2.45, 2.75) is 31.5 Å². The number of nitrogens with two attached hydrogens (primary N) is 1. The fourth-order valence-corrected chi connectivity index (χ4v) is 0.958. The van der Waals surface area contributed by atoms with E-state index in [0.717, 1.165) is 0 Å². The summed E-state index contributed by atoms with van der Waals surface area (Å²) >= 11 is 0. The normalized spacial score (nSPS) is 17.7. The molecule has 0 fully saturated rings. The zero-order valence-electron chi connectivity index (χ0n) is 8.23. The highest BCUT2D eigenvalue weighted by atomic mass is 19.4. The minimum atomic E-state index is -6.02. The molecule has 0 aromatic heterocycles. The van der Waals surface area contributed by atoms with Gasteiger partial charge in [-0.3, -0.25) is 4.79 Å². The molecular formula is C7H8F7NO2. The van der Waals surface area contributed by atoms with Crippen molar-refractivity contribution in [1.82, 2.24) is 0 Å². The predicted octanol–water partition coefficient (Wildman–Crippen LogP) is 1.87. The molecule has 0 aliphatic carbocycles. The summed E-state index contributed by atoms with van der Waals surface area (Å²) in [6.07, 6.45) is -15.9. The van der Waals surface area contributed by atoms with Crippen molar-refractivity contribution in [2.24, 2.45) is 11.1 Å². The maximum atomic E-state index is 13.1. The Bertz CT molecular complexity index is 284. The smallest absolute Gasteiger partial charge is 0.405 e. The topological polar surface area (TPSA) is 63.3 Å². The fraction of sp³-hybridized carbons (Fsp3) is 0.857. The van der Waals surface area contributed by atoms with Crippen LogP contribution in [0.15, 0.2) is 0 Å². The number of hydrogen-bond donors (Lipinski definition) is 2. The second-order valence-corrected chi connectivity index (χ2v) is 3.46. The molecule has 0 aliphatic rings. The van der Waals surface area contributed by atoms with Gasteiger partial charge in [0.15, 0.2) is 5.41 Å². The van der Waals surface area contributed by atoms with Crippen LogP contribution < -0.4 is 5.73 Å². The van der Waals surface area contributed by atoms with Crippen LogP contribution >= 0.6 is 0 Å². The van der Waals surface area contributed by atoms with Gasteiger partial charge in [-0.1, -0.05) is 0 Å². The Hall–Kier alpha value is -1.06. The number of carboxylic acids is 1. The molecule has 0 aliphatic heterocycles. The molecule has 3 nitrogen and oxygen atoms in total. The molecule has 0 amide bonds. The van der Waals surface area contributed by atoms with Gasteiger partial charge in [0, 0.05) is 0 Å². The summed E-state index contributed by atoms with van der Waals surface area (Å²) in [5, 5.41) is 8.15. The third-order valence-electron chi connectivity index (χ3n) is 2.33. The maximum absolute atomic E-state index is 13.1. The first kappa shape index (κ1) is 15.9. The Morgan fingerprint density at radius 1 is 1.12 bits per heavy atom. The van der Waals surface area contributed by atoms with Crippen molar-refractivity contribution in [3.8, 4) is 0 Å². The van der Waals surface area contributed by atoms with E-state index >= 15 is 0 Å². The first-order valence-corrected chi connectivity index (χ1v) is 4.02. The molecule has 0 saturated heterocycles. The first-order valence-electron chi connectivity index (χ1n) is 4.02. The monoisotopic (exact) mass is 271 g/mol. The Kier molecular flexibility index (Phi) is 4.05. The lowest BCUT2D eigenvalue weighted by molar-refractivity contribution is -0.352. The van der Waals surface area contributed by atoms with Gasteiger partial charge < -0.3 is 10.8 Å². The highest BCUT2D eigenvalue weighted by molar-refractivity contribution is 5.74. The van der Waals surface area contributed by atoms with E-state index in [2.05, 4.69) is 5.73 Å². The van der Waals surface area contributed by atoms with E-state index in [9.17, 15) is 35.5 Å². The number of carbonyl (C=O) groups is 1. The van der Waals surface area contributed by atoms with Crippen LogP contribution in [0.1, 0.15) is 6.92 Å². The van der Waals surface area contributed by atoms with Crippen molar-refractivity contribution in [3.63, 3.8) is 0 Å². The molecule has 0 spiro atoms. The third kappa shape index (κ3) is 2.61. The van der Waals surface area contributed by atoms with E-state index in [1.807, 2.05) is 0 Å². The minimum absolute atomic E-state index is 0.472. The lowest BCUT2D eigenvalue weighted by Crippen LogP contribution is -2.60. The molecule has 2 atom stereocenters. The summed E-state index contributed by atoms with van der Waals surface area (Å²) in [4.78, 5) is 10.1. The van der Waals surface area contributed by atoms with Gasteiger partial charge in [-0.25, -0.2) is 4.39 Å². The summed E-state index contributed by atoms with van der Waals surface area (Å²) in [5.74, 6) is -2.29. The van der Waals surface area contributed by atoms with Crippen LogP contribution in [0.4, 0.5) is 30.7 Å². The maximum Gasteiger partial charge on any atom is 0.405 e. The molecular weight excluding hydrogens is 263 g/mol. The minimum Gasteiger partial charge on any atom is -0.480 e. The number of halogens is 7. The summed E-state index contributed by atoms with van der Waals surface area (Å²) in [7, 11) is 0. The van der Waals surface area contributed by atoms with Crippen LogP contribution in [0.2, 0.25) is 0 Å². The highest BCUT2D eigenvalue weighted by Gasteiger charge is 2.73. The number of carboxylic acid groups (broad SMARTS) is 1. The third-order valence-corrected chi connectivity index (χ3v) is 2.33. The molecule has 0 saturated carbocycles. The number of hydrogen-bond acceptors (Lipinski definition) is 2. The number of aliphatic carboxylic acids is 1. The standard InChI is InChI=1S/C7H8F7NO2/c1-5(6(9,10)11,7(12,13)14)3(8)2(15)4(16)17/h2-3H,15H2,1H3,(H,16,17)/t2-,3?/m0/s1. The van der Waals surface area contributed by atoms with E-state index in [4.69, 9.17) is 5.11 Å². The van der Waals surface area contributed by atoms with Crippen molar-refractivity contribution >= 4 is 5.97 Å². The van der Waals surface area contributed by atoms with Gasteiger partial charge in [0.1, 0.15) is 12.2 Å². The van der Waals surface area contributed by atoms with Crippen molar-refractivity contribution in [3.05, 3.63) is 0 Å². The molecule has 102 valence electrons. The van der Waals surface area contributed by atoms with Crippen molar-refractivity contribution < 1.29 is 40.6 Å². The Labute approximate surface area is 90.4 Å². The summed E-state index contributed by atoms with van der Waals surface area (Å²) in [5.41, 5.74) is -0.371. The molecule has 10 heteroatoms. The van der Waals surface area contributed by atoms with Gasteiger partial charge in [0.05, 0.1) is 0 Å². The molecule has 0 bridgehead atoms. The summed E-state index contributed by atoms with van der Waals surface area (Å²) in [6, 6.07) is -2.93. The lowest BCUT2D eigenvalue weighted by atomic mass is 9.80. The average molecular weight is 271 g/mol. The quantitative estimate of drug-likeness (QED) is 0.770. The second-order valence-electron chi connectivity index (χ2n) is 3.46. The molecule has 3 N–H and O–H groups in total. The molecule has 0 radical (unpaired) electrons. The lowest BCUT2D eigenvalue weighted by Gasteiger charge is -2.37. The zero-order chi connectivity index (χ0) is 14.2. The highest BCUT2D eigenvalue weighted by Crippen LogP contribution is 2.53. The van der Waals surface area contributed by atoms with Crippen LogP contribution in [0.5, 0.6) is 0 Å². The molecule has 0 heterocycles. The molecule has 0 rings (SSSR count). The Morgan fingerprint density at radius 3 is 1.59 bits per heavy atom. The van der Waals surface area contributed by atoms with Crippen LogP contribution in [0, 0.1) is 5.41 Å². The number of alkyl halides is 7. The molecule has 0 aromatic carbocycles. The van der Waals surface area contributed by atoms with E-state index < -0.39 is 42.9 Å². The predicted molar refractivity (Wildman–Crippen MR) is 40.7 cm³/mol. The van der Waals surface area contributed by atoms with Crippen LogP contribution in [0.3, 0.4) is 0 Å². The van der Waals surface area contributed by atoms with Crippen LogP contribution in [-0.4, -0.2) is 35.6 Å². The van der Waals surface area contributed by atoms with Crippen LogP contribution in [0.25, 0.3) is 0 Å². The second kappa shape index (κ2) is 4.31. The van der Waals surface area contributed by atoms with Gasteiger partial charge in [-0.15, -0.1) is 0 Å². The number of rotatable bonds is 3. The van der Waals surface area contributed by atoms with Crippen LogP contribution in [-0.2, 0) is 4.79 Å². The Balaban J connectivity index is 5.60. The molecule has 0 aromatic rings. The van der Waals surface area contributed by atoms with Gasteiger partial charge in [0.25, 0.3) is 0 Å². The van der Waals surface area contributed by atoms with E-state index in [-0.39, 0.29) is 0 Å². The molecule has 17 heavy (non-hydrogen) atoms. The van der Waals surface area contributed by atoms with Crippen molar-refractivity contribution in [2.75, 3.05) is 0 Å².